The Labute approximate surface area is 225 Å². The molecular formula is C25H22F12O4. The summed E-state index contributed by atoms with van der Waals surface area (Å²) in [7, 11) is 0. The normalized spacial score (nSPS) is 14.1. The third-order valence-electron chi connectivity index (χ3n) is 5.72. The highest BCUT2D eigenvalue weighted by Crippen LogP contribution is 2.58. The molecule has 0 aliphatic carbocycles. The topological polar surface area (TPSA) is 44.8 Å². The zero-order chi connectivity index (χ0) is 31.4. The van der Waals surface area contributed by atoms with E-state index in [9.17, 15) is 57.5 Å². The number of rotatable bonds is 14. The average molecular weight is 614 g/mol. The third-order valence-corrected chi connectivity index (χ3v) is 5.72. The van der Waals surface area contributed by atoms with E-state index in [4.69, 9.17) is 9.47 Å². The fourth-order valence-electron chi connectivity index (χ4n) is 2.85. The molecule has 0 fully saturated rings. The quantitative estimate of drug-likeness (QED) is 0.122. The standard InChI is InChI=1S/C25H22F12O4/c1-3-14(2)12-39-16-6-4-15(5-7-16)19(38)41-18-10-8-17(9-11-18)40-13-21(28,29)23(32,33)25(36,37)24(34,35)22(30,31)20(26)27/h4-11,14,20H,3,12-13H2,1-2H3. The molecule has 4 nitrogen and oxygen atoms in total. The van der Waals surface area contributed by atoms with Gasteiger partial charge in [-0.05, 0) is 54.4 Å². The second-order valence-corrected chi connectivity index (χ2v) is 8.85. The van der Waals surface area contributed by atoms with Gasteiger partial charge in [-0.25, -0.2) is 13.6 Å². The van der Waals surface area contributed by atoms with E-state index >= 15 is 0 Å². The van der Waals surface area contributed by atoms with Crippen molar-refractivity contribution in [3.05, 3.63) is 54.1 Å². The van der Waals surface area contributed by atoms with Gasteiger partial charge in [0.05, 0.1) is 12.2 Å². The van der Waals surface area contributed by atoms with Crippen LogP contribution in [0.3, 0.4) is 0 Å². The van der Waals surface area contributed by atoms with Gasteiger partial charge in [0.2, 0.25) is 0 Å². The van der Waals surface area contributed by atoms with Crippen LogP contribution in [0.5, 0.6) is 17.2 Å². The van der Waals surface area contributed by atoms with Crippen LogP contribution in [0, 0.1) is 5.92 Å². The highest BCUT2D eigenvalue weighted by molar-refractivity contribution is 5.91. The molecule has 0 radical (unpaired) electrons. The minimum absolute atomic E-state index is 0.0678. The monoisotopic (exact) mass is 614 g/mol. The molecule has 2 aromatic rings. The van der Waals surface area contributed by atoms with Crippen molar-refractivity contribution in [1.82, 2.24) is 0 Å². The first-order valence-electron chi connectivity index (χ1n) is 11.6. The average Bonchev–Trinajstić information content (AvgIpc) is 2.91. The van der Waals surface area contributed by atoms with Gasteiger partial charge >= 0.3 is 42.0 Å². The largest absolute Gasteiger partial charge is 0.493 e. The van der Waals surface area contributed by atoms with Gasteiger partial charge in [0.1, 0.15) is 17.2 Å². The molecule has 1 unspecified atom stereocenters. The van der Waals surface area contributed by atoms with Crippen LogP contribution in [0.4, 0.5) is 52.7 Å². The number of hydrogen-bond acceptors (Lipinski definition) is 4. The Bertz CT molecular complexity index is 1150. The van der Waals surface area contributed by atoms with Crippen LogP contribution in [-0.4, -0.2) is 55.2 Å². The van der Waals surface area contributed by atoms with Crippen molar-refractivity contribution < 1.29 is 71.7 Å². The van der Waals surface area contributed by atoms with Crippen LogP contribution in [0.1, 0.15) is 30.6 Å². The van der Waals surface area contributed by atoms with E-state index in [1.54, 1.807) is 0 Å². The molecule has 0 saturated carbocycles. The van der Waals surface area contributed by atoms with Crippen molar-refractivity contribution in [2.24, 2.45) is 5.92 Å². The molecule has 2 rings (SSSR count). The van der Waals surface area contributed by atoms with Crippen molar-refractivity contribution >= 4 is 5.97 Å². The molecule has 0 amide bonds. The maximum Gasteiger partial charge on any atom is 0.384 e. The predicted octanol–water partition coefficient (Wildman–Crippen LogP) is 8.15. The van der Waals surface area contributed by atoms with Gasteiger partial charge in [0.25, 0.3) is 0 Å². The Balaban J connectivity index is 2.06. The number of halogens is 12. The van der Waals surface area contributed by atoms with Gasteiger partial charge in [-0.3, -0.25) is 0 Å². The minimum atomic E-state index is -7.64. The maximum absolute atomic E-state index is 13.9. The molecule has 1 atom stereocenters. The number of hydrogen-bond donors (Lipinski definition) is 0. The summed E-state index contributed by atoms with van der Waals surface area (Å²) in [6, 6.07) is 9.04. The molecule has 0 bridgehead atoms. The SMILES string of the molecule is CCC(C)COc1ccc(C(=O)Oc2ccc(OCC(F)(F)C(F)(F)C(F)(F)C(F)(F)C(F)(F)C(F)F)cc2)cc1. The van der Waals surface area contributed by atoms with Crippen LogP contribution >= 0.6 is 0 Å². The molecule has 41 heavy (non-hydrogen) atoms. The third kappa shape index (κ3) is 6.94. The second-order valence-electron chi connectivity index (χ2n) is 8.85. The van der Waals surface area contributed by atoms with E-state index < -0.39 is 54.4 Å². The fraction of sp³-hybridized carbons (Fsp3) is 0.480. The van der Waals surface area contributed by atoms with Crippen LogP contribution in [0.25, 0.3) is 0 Å². The molecule has 230 valence electrons. The summed E-state index contributed by atoms with van der Waals surface area (Å²) in [6.45, 7) is 1.66. The molecule has 0 heterocycles. The molecule has 0 spiro atoms. The second kappa shape index (κ2) is 12.3. The predicted molar refractivity (Wildman–Crippen MR) is 119 cm³/mol. The van der Waals surface area contributed by atoms with Gasteiger partial charge in [-0.15, -0.1) is 0 Å². The van der Waals surface area contributed by atoms with Crippen molar-refractivity contribution in [1.29, 1.82) is 0 Å². The molecule has 0 aliphatic heterocycles. The van der Waals surface area contributed by atoms with Gasteiger partial charge in [0, 0.05) is 0 Å². The summed E-state index contributed by atoms with van der Waals surface area (Å²) < 4.78 is 174. The molecule has 0 N–H and O–H groups in total. The number of alkyl halides is 12. The lowest BCUT2D eigenvalue weighted by Gasteiger charge is -2.39. The fourth-order valence-corrected chi connectivity index (χ4v) is 2.85. The number of benzene rings is 2. The van der Waals surface area contributed by atoms with E-state index in [2.05, 4.69) is 4.74 Å². The lowest BCUT2D eigenvalue weighted by molar-refractivity contribution is -0.414. The lowest BCUT2D eigenvalue weighted by Crippen LogP contribution is -2.69. The number of carbonyl (C=O) groups is 1. The van der Waals surface area contributed by atoms with Crippen LogP contribution in [0.15, 0.2) is 48.5 Å². The molecule has 16 heteroatoms. The van der Waals surface area contributed by atoms with E-state index in [0.29, 0.717) is 18.3 Å². The van der Waals surface area contributed by atoms with Gasteiger partial charge in [0.15, 0.2) is 6.61 Å². The van der Waals surface area contributed by atoms with Crippen LogP contribution < -0.4 is 14.2 Å². The molecule has 0 aliphatic rings. The van der Waals surface area contributed by atoms with E-state index in [-0.39, 0.29) is 11.3 Å². The number of ether oxygens (including phenoxy) is 3. The first kappa shape index (κ1) is 33.9. The Hall–Kier alpha value is -3.33. The Kier molecular flexibility index (Phi) is 10.1. The maximum atomic E-state index is 13.9. The number of carbonyl (C=O) groups excluding carboxylic acids is 1. The zero-order valence-electron chi connectivity index (χ0n) is 21.1. The van der Waals surface area contributed by atoms with Gasteiger partial charge in [-0.2, -0.15) is 43.9 Å². The summed E-state index contributed by atoms with van der Waals surface area (Å²) >= 11 is 0. The summed E-state index contributed by atoms with van der Waals surface area (Å²) in [5, 5.41) is 0. The summed E-state index contributed by atoms with van der Waals surface area (Å²) in [6.07, 6.45) is -4.69. The van der Waals surface area contributed by atoms with E-state index in [0.717, 1.165) is 30.7 Å². The molecule has 0 aromatic heterocycles. The highest BCUT2D eigenvalue weighted by atomic mass is 19.4. The van der Waals surface area contributed by atoms with Gasteiger partial charge in [-0.1, -0.05) is 20.3 Å². The van der Waals surface area contributed by atoms with E-state index in [1.165, 1.54) is 24.3 Å². The minimum Gasteiger partial charge on any atom is -0.493 e. The van der Waals surface area contributed by atoms with Crippen LogP contribution in [0.2, 0.25) is 0 Å². The van der Waals surface area contributed by atoms with Crippen molar-refractivity contribution in [3.63, 3.8) is 0 Å². The Morgan fingerprint density at radius 1 is 0.707 bits per heavy atom. The van der Waals surface area contributed by atoms with Crippen molar-refractivity contribution in [2.75, 3.05) is 13.2 Å². The Morgan fingerprint density at radius 2 is 1.17 bits per heavy atom. The molecule has 2 aromatic carbocycles. The first-order chi connectivity index (χ1) is 18.7. The summed E-state index contributed by atoms with van der Waals surface area (Å²) in [5.41, 5.74) is 0.0678. The number of esters is 1. The highest BCUT2D eigenvalue weighted by Gasteiger charge is 2.87. The van der Waals surface area contributed by atoms with Crippen molar-refractivity contribution in [3.8, 4) is 17.2 Å². The Morgan fingerprint density at radius 3 is 1.66 bits per heavy atom. The molecular weight excluding hydrogens is 592 g/mol. The van der Waals surface area contributed by atoms with Gasteiger partial charge < -0.3 is 14.2 Å². The zero-order valence-corrected chi connectivity index (χ0v) is 21.1. The molecule has 0 saturated heterocycles. The lowest BCUT2D eigenvalue weighted by atomic mass is 9.94. The van der Waals surface area contributed by atoms with Crippen molar-refractivity contribution in [2.45, 2.75) is 56.3 Å². The smallest absolute Gasteiger partial charge is 0.384 e. The summed E-state index contributed by atoms with van der Waals surface area (Å²) in [5.74, 6) is -36.9. The van der Waals surface area contributed by atoms with E-state index in [1.807, 2.05) is 13.8 Å². The summed E-state index contributed by atoms with van der Waals surface area (Å²) in [4.78, 5) is 12.3. The van der Waals surface area contributed by atoms with Crippen LogP contribution in [-0.2, 0) is 0 Å². The first-order valence-corrected chi connectivity index (χ1v) is 11.6.